The number of nitrogens with one attached hydrogen (secondary N) is 1. The van der Waals surface area contributed by atoms with Crippen LogP contribution >= 0.6 is 11.8 Å². The molecule has 3 rings (SSSR count). The Bertz CT molecular complexity index is 301. The van der Waals surface area contributed by atoms with Gasteiger partial charge in [-0.25, -0.2) is 0 Å². The average Bonchev–Trinajstić information content (AvgIpc) is 3.12. The molecule has 116 valence electrons. The van der Waals surface area contributed by atoms with Crippen molar-refractivity contribution in [3.63, 3.8) is 0 Å². The smallest absolute Gasteiger partial charge is 0.0783 e. The second kappa shape index (κ2) is 6.99. The summed E-state index contributed by atoms with van der Waals surface area (Å²) >= 11 is 2.07. The molecule has 0 radical (unpaired) electrons. The lowest BCUT2D eigenvalue weighted by Gasteiger charge is -2.42. The van der Waals surface area contributed by atoms with Gasteiger partial charge in [-0.2, -0.15) is 11.8 Å². The van der Waals surface area contributed by atoms with E-state index in [2.05, 4.69) is 24.0 Å². The molecule has 4 atom stereocenters. The Morgan fingerprint density at radius 2 is 2.30 bits per heavy atom. The largest absolute Gasteiger partial charge is 0.377 e. The second-order valence-corrected chi connectivity index (χ2v) is 7.72. The van der Waals surface area contributed by atoms with Crippen molar-refractivity contribution in [2.24, 2.45) is 5.92 Å². The molecule has 0 aromatic heterocycles. The van der Waals surface area contributed by atoms with Gasteiger partial charge in [0.05, 0.1) is 11.7 Å². The topological polar surface area (TPSA) is 30.5 Å². The van der Waals surface area contributed by atoms with E-state index in [9.17, 15) is 0 Å². The van der Waals surface area contributed by atoms with Crippen LogP contribution in [0.25, 0.3) is 0 Å². The lowest BCUT2D eigenvalue weighted by Crippen LogP contribution is -2.51. The van der Waals surface area contributed by atoms with Crippen LogP contribution in [0.5, 0.6) is 0 Å². The van der Waals surface area contributed by atoms with E-state index < -0.39 is 0 Å². The maximum Gasteiger partial charge on any atom is 0.0783 e. The normalized spacial score (nSPS) is 39.5. The number of hydrogen-bond acceptors (Lipinski definition) is 4. The van der Waals surface area contributed by atoms with Crippen LogP contribution < -0.4 is 5.32 Å². The van der Waals surface area contributed by atoms with Crippen molar-refractivity contribution in [2.75, 3.05) is 31.3 Å². The van der Waals surface area contributed by atoms with E-state index in [0.717, 1.165) is 25.7 Å². The van der Waals surface area contributed by atoms with E-state index >= 15 is 0 Å². The van der Waals surface area contributed by atoms with Crippen molar-refractivity contribution in [2.45, 2.75) is 63.2 Å². The number of ether oxygens (including phenoxy) is 2. The summed E-state index contributed by atoms with van der Waals surface area (Å²) in [7, 11) is 0. The van der Waals surface area contributed by atoms with E-state index in [1.807, 2.05) is 0 Å². The lowest BCUT2D eigenvalue weighted by atomic mass is 9.79. The fraction of sp³-hybridized carbons (Fsp3) is 1.00. The van der Waals surface area contributed by atoms with Crippen molar-refractivity contribution in [3.8, 4) is 0 Å². The zero-order valence-corrected chi connectivity index (χ0v) is 13.6. The molecule has 3 aliphatic heterocycles. The summed E-state index contributed by atoms with van der Waals surface area (Å²) in [5, 5.41) is 3.80. The Kier molecular flexibility index (Phi) is 5.29. The minimum atomic E-state index is 0.193. The maximum atomic E-state index is 6.18. The molecule has 1 N–H and O–H groups in total. The third-order valence-corrected chi connectivity index (χ3v) is 6.32. The first-order valence-electron chi connectivity index (χ1n) is 8.40. The van der Waals surface area contributed by atoms with Gasteiger partial charge in [0.1, 0.15) is 0 Å². The fourth-order valence-electron chi connectivity index (χ4n) is 4.03. The highest BCUT2D eigenvalue weighted by atomic mass is 32.2. The molecule has 20 heavy (non-hydrogen) atoms. The standard InChI is InChI=1S/C16H29NO2S/c1-2-7-17-15(14-4-3-8-18-14)13-5-9-19-16(11-13)6-10-20-12-16/h13-15,17H,2-12H2,1H3. The van der Waals surface area contributed by atoms with Gasteiger partial charge in [-0.05, 0) is 56.7 Å². The number of rotatable bonds is 5. The lowest BCUT2D eigenvalue weighted by molar-refractivity contribution is -0.0938. The molecule has 4 heteroatoms. The predicted molar refractivity (Wildman–Crippen MR) is 84.4 cm³/mol. The summed E-state index contributed by atoms with van der Waals surface area (Å²) in [6.45, 7) is 5.27. The molecule has 3 nitrogen and oxygen atoms in total. The highest BCUT2D eigenvalue weighted by Crippen LogP contribution is 2.42. The van der Waals surface area contributed by atoms with Crippen LogP contribution in [0.4, 0.5) is 0 Å². The van der Waals surface area contributed by atoms with E-state index in [0.29, 0.717) is 12.1 Å². The van der Waals surface area contributed by atoms with Crippen LogP contribution in [0.1, 0.15) is 45.4 Å². The van der Waals surface area contributed by atoms with Gasteiger partial charge in [0.2, 0.25) is 0 Å². The molecular formula is C16H29NO2S. The third-order valence-electron chi connectivity index (χ3n) is 5.10. The molecule has 0 aromatic rings. The van der Waals surface area contributed by atoms with E-state index in [-0.39, 0.29) is 5.60 Å². The molecule has 0 aliphatic carbocycles. The molecule has 3 heterocycles. The zero-order valence-electron chi connectivity index (χ0n) is 12.7. The summed E-state index contributed by atoms with van der Waals surface area (Å²) in [5.74, 6) is 3.21. The summed E-state index contributed by atoms with van der Waals surface area (Å²) in [5.41, 5.74) is 0.193. The van der Waals surface area contributed by atoms with E-state index in [1.165, 1.54) is 50.0 Å². The van der Waals surface area contributed by atoms with Crippen molar-refractivity contribution in [1.82, 2.24) is 5.32 Å². The van der Waals surface area contributed by atoms with Crippen LogP contribution in [0.15, 0.2) is 0 Å². The monoisotopic (exact) mass is 299 g/mol. The van der Waals surface area contributed by atoms with E-state index in [1.54, 1.807) is 0 Å². The molecule has 3 aliphatic rings. The van der Waals surface area contributed by atoms with Crippen molar-refractivity contribution >= 4 is 11.8 Å². The van der Waals surface area contributed by atoms with Gasteiger partial charge in [0.15, 0.2) is 0 Å². The van der Waals surface area contributed by atoms with Crippen molar-refractivity contribution in [3.05, 3.63) is 0 Å². The summed E-state index contributed by atoms with van der Waals surface area (Å²) < 4.78 is 12.2. The van der Waals surface area contributed by atoms with Crippen LogP contribution in [-0.2, 0) is 9.47 Å². The fourth-order valence-corrected chi connectivity index (χ4v) is 5.41. The minimum absolute atomic E-state index is 0.193. The summed E-state index contributed by atoms with van der Waals surface area (Å²) in [6, 6.07) is 0.545. The maximum absolute atomic E-state index is 6.18. The second-order valence-electron chi connectivity index (χ2n) is 6.62. The Morgan fingerprint density at radius 1 is 1.35 bits per heavy atom. The highest BCUT2D eigenvalue weighted by molar-refractivity contribution is 7.99. The van der Waals surface area contributed by atoms with E-state index in [4.69, 9.17) is 9.47 Å². The SMILES string of the molecule is CCCNC(C1CCOC2(CCSC2)C1)C1CCCO1. The first-order valence-corrected chi connectivity index (χ1v) is 9.55. The Balaban J connectivity index is 1.65. The molecule has 4 unspecified atom stereocenters. The average molecular weight is 299 g/mol. The molecule has 0 aromatic carbocycles. The van der Waals surface area contributed by atoms with Crippen LogP contribution in [0.3, 0.4) is 0 Å². The number of thioether (sulfide) groups is 1. The van der Waals surface area contributed by atoms with Gasteiger partial charge >= 0.3 is 0 Å². The zero-order chi connectivity index (χ0) is 13.8. The molecule has 0 amide bonds. The summed E-state index contributed by atoms with van der Waals surface area (Å²) in [6.07, 6.45) is 7.80. The minimum Gasteiger partial charge on any atom is -0.377 e. The molecule has 3 saturated heterocycles. The highest BCUT2D eigenvalue weighted by Gasteiger charge is 2.44. The van der Waals surface area contributed by atoms with Crippen LogP contribution in [-0.4, -0.2) is 49.0 Å². The van der Waals surface area contributed by atoms with Gasteiger partial charge in [-0.15, -0.1) is 0 Å². The van der Waals surface area contributed by atoms with Crippen molar-refractivity contribution in [1.29, 1.82) is 0 Å². The number of hydrogen-bond donors (Lipinski definition) is 1. The Morgan fingerprint density at radius 3 is 3.00 bits per heavy atom. The quantitative estimate of drug-likeness (QED) is 0.845. The van der Waals surface area contributed by atoms with Gasteiger partial charge < -0.3 is 14.8 Å². The van der Waals surface area contributed by atoms with Gasteiger partial charge in [-0.3, -0.25) is 0 Å². The third kappa shape index (κ3) is 3.34. The first kappa shape index (κ1) is 15.1. The van der Waals surface area contributed by atoms with Crippen LogP contribution in [0.2, 0.25) is 0 Å². The molecule has 0 bridgehead atoms. The Labute approximate surface area is 127 Å². The predicted octanol–water partition coefficient (Wildman–Crippen LogP) is 2.84. The van der Waals surface area contributed by atoms with Crippen molar-refractivity contribution < 1.29 is 9.47 Å². The Hall–Kier alpha value is 0.230. The van der Waals surface area contributed by atoms with Crippen LogP contribution in [0, 0.1) is 5.92 Å². The van der Waals surface area contributed by atoms with Gasteiger partial charge in [0.25, 0.3) is 0 Å². The molecule has 1 spiro atoms. The van der Waals surface area contributed by atoms with Gasteiger partial charge in [-0.1, -0.05) is 6.92 Å². The van der Waals surface area contributed by atoms with Gasteiger partial charge in [0, 0.05) is 25.0 Å². The molecular weight excluding hydrogens is 270 g/mol. The molecule has 0 saturated carbocycles. The summed E-state index contributed by atoms with van der Waals surface area (Å²) in [4.78, 5) is 0. The molecule has 3 fully saturated rings. The first-order chi connectivity index (χ1) is 9.83.